The molecule has 0 saturated carbocycles. The van der Waals surface area contributed by atoms with Crippen LogP contribution >= 0.6 is 0 Å². The van der Waals surface area contributed by atoms with Crippen LogP contribution in [0.15, 0.2) is 89.3 Å². The smallest absolute Gasteiger partial charge is 0.252 e. The first-order valence-electron chi connectivity index (χ1n) is 25.1. The highest BCUT2D eigenvalue weighted by Gasteiger charge is 2.49. The Labute approximate surface area is 395 Å². The molecule has 4 heteroatoms. The molecule has 0 amide bonds. The van der Waals surface area contributed by atoms with Gasteiger partial charge in [-0.1, -0.05) is 113 Å². The van der Waals surface area contributed by atoms with Gasteiger partial charge in [0.15, 0.2) is 0 Å². The maximum atomic E-state index is 7.15. The van der Waals surface area contributed by atoms with Crippen LogP contribution in [0.4, 0.5) is 34.1 Å². The fourth-order valence-corrected chi connectivity index (χ4v) is 14.2. The Balaban J connectivity index is 1.20. The number of aryl methyl sites for hydroxylation is 3. The molecule has 0 saturated heterocycles. The van der Waals surface area contributed by atoms with Crippen molar-refractivity contribution < 1.29 is 4.42 Å². The Morgan fingerprint density at radius 3 is 1.48 bits per heavy atom. The van der Waals surface area contributed by atoms with Crippen molar-refractivity contribution in [2.45, 2.75) is 168 Å². The van der Waals surface area contributed by atoms with Crippen molar-refractivity contribution in [2.75, 3.05) is 9.80 Å². The minimum absolute atomic E-state index is 0.000997. The summed E-state index contributed by atoms with van der Waals surface area (Å²) in [5, 5.41) is 2.43. The molecule has 0 fully saturated rings. The molecule has 5 aliphatic rings. The van der Waals surface area contributed by atoms with Gasteiger partial charge in [-0.15, -0.1) is 0 Å². The quantitative estimate of drug-likeness (QED) is 0.161. The molecule has 3 heterocycles. The topological polar surface area (TPSA) is 19.6 Å². The van der Waals surface area contributed by atoms with Crippen LogP contribution in [-0.4, -0.2) is 6.71 Å². The molecule has 66 heavy (non-hydrogen) atoms. The summed E-state index contributed by atoms with van der Waals surface area (Å²) in [5.74, 6) is 0. The molecule has 0 spiro atoms. The Morgan fingerprint density at radius 2 is 0.864 bits per heavy atom. The van der Waals surface area contributed by atoms with Gasteiger partial charge in [-0.25, -0.2) is 0 Å². The number of hydrogen-bond acceptors (Lipinski definition) is 3. The number of nitrogens with zero attached hydrogens (tertiary/aromatic N) is 2. The van der Waals surface area contributed by atoms with Gasteiger partial charge in [0.1, 0.15) is 11.2 Å². The molecular weight excluding hydrogens is 800 g/mol. The summed E-state index contributed by atoms with van der Waals surface area (Å²) in [5.41, 5.74) is 27.0. The molecule has 7 aromatic rings. The molecule has 2 aliphatic heterocycles. The number of rotatable bonds is 2. The first kappa shape index (κ1) is 42.2. The minimum Gasteiger partial charge on any atom is -0.456 e. The average Bonchev–Trinajstić information content (AvgIpc) is 3.68. The summed E-state index contributed by atoms with van der Waals surface area (Å²) < 4.78 is 7.15. The van der Waals surface area contributed by atoms with Gasteiger partial charge in [0.25, 0.3) is 6.71 Å². The van der Waals surface area contributed by atoms with Crippen LogP contribution < -0.4 is 26.2 Å². The largest absolute Gasteiger partial charge is 0.456 e. The zero-order chi connectivity index (χ0) is 46.6. The van der Waals surface area contributed by atoms with Crippen molar-refractivity contribution in [2.24, 2.45) is 0 Å². The van der Waals surface area contributed by atoms with Gasteiger partial charge in [-0.3, -0.25) is 0 Å². The average molecular weight is 869 g/mol. The van der Waals surface area contributed by atoms with Crippen LogP contribution in [0.25, 0.3) is 21.9 Å². The first-order chi connectivity index (χ1) is 30.9. The van der Waals surface area contributed by atoms with Crippen molar-refractivity contribution in [3.8, 4) is 0 Å². The van der Waals surface area contributed by atoms with Crippen molar-refractivity contribution >= 4 is 79.2 Å². The van der Waals surface area contributed by atoms with Crippen molar-refractivity contribution in [3.63, 3.8) is 0 Å². The predicted molar refractivity (Wildman–Crippen MR) is 283 cm³/mol. The Kier molecular flexibility index (Phi) is 8.34. The maximum absolute atomic E-state index is 7.15. The van der Waals surface area contributed by atoms with E-state index >= 15 is 0 Å². The Hall–Kier alpha value is -5.22. The molecule has 6 aromatic carbocycles. The number of para-hydroxylation sites is 1. The van der Waals surface area contributed by atoms with Gasteiger partial charge >= 0.3 is 0 Å². The summed E-state index contributed by atoms with van der Waals surface area (Å²) >= 11 is 0. The zero-order valence-corrected chi connectivity index (χ0v) is 42.5. The Bertz CT molecular complexity index is 3300. The molecule has 0 radical (unpaired) electrons. The number of furan rings is 1. The maximum Gasteiger partial charge on any atom is 0.252 e. The monoisotopic (exact) mass is 869 g/mol. The van der Waals surface area contributed by atoms with E-state index in [1.54, 1.807) is 0 Å². The summed E-state index contributed by atoms with van der Waals surface area (Å²) in [7, 11) is 0. The molecule has 0 atom stereocenters. The molecule has 12 rings (SSSR count). The number of fused-ring (bicyclic) bond motifs is 10. The van der Waals surface area contributed by atoms with E-state index in [0.717, 1.165) is 17.6 Å². The zero-order valence-electron chi connectivity index (χ0n) is 42.5. The first-order valence-corrected chi connectivity index (χ1v) is 25.1. The SMILES string of the molecule is Cc1cc2c3c(c1)N(c1ccccc1C)c1cc4c(cc1B3c1cc3c(cc1N2c1cc2c(cc1C)C(C)(C)CCC2(C)C)C(C)(C)CC3(C)C)oc1cc2c(cc14)C(C)(C)CCC2(C)C. The van der Waals surface area contributed by atoms with Crippen molar-refractivity contribution in [3.05, 3.63) is 135 Å². The van der Waals surface area contributed by atoms with Crippen LogP contribution in [0.5, 0.6) is 0 Å². The third-order valence-electron chi connectivity index (χ3n) is 18.0. The van der Waals surface area contributed by atoms with Crippen LogP contribution in [0, 0.1) is 20.8 Å². The van der Waals surface area contributed by atoms with Gasteiger partial charge in [-0.05, 0) is 206 Å². The summed E-state index contributed by atoms with van der Waals surface area (Å²) in [6.45, 7) is 36.4. The highest BCUT2D eigenvalue weighted by Crippen LogP contribution is 2.55. The number of hydrogen-bond donors (Lipinski definition) is 0. The van der Waals surface area contributed by atoms with Gasteiger partial charge in [0.05, 0.1) is 0 Å². The van der Waals surface area contributed by atoms with Crippen LogP contribution in [-0.2, 0) is 32.5 Å². The van der Waals surface area contributed by atoms with E-state index in [1.807, 2.05) is 0 Å². The lowest BCUT2D eigenvalue weighted by atomic mass is 9.33. The van der Waals surface area contributed by atoms with Crippen LogP contribution in [0.1, 0.15) is 165 Å². The molecule has 1 aromatic heterocycles. The second-order valence-electron chi connectivity index (χ2n) is 25.6. The second kappa shape index (κ2) is 13.1. The van der Waals surface area contributed by atoms with Gasteiger partial charge < -0.3 is 14.2 Å². The molecule has 0 N–H and O–H groups in total. The van der Waals surface area contributed by atoms with Crippen molar-refractivity contribution in [1.82, 2.24) is 0 Å². The lowest BCUT2D eigenvalue weighted by Crippen LogP contribution is -2.61. The normalized spacial score (nSPS) is 20.7. The molecule has 0 bridgehead atoms. The van der Waals surface area contributed by atoms with E-state index in [-0.39, 0.29) is 39.2 Å². The van der Waals surface area contributed by atoms with E-state index < -0.39 is 0 Å². The third-order valence-corrected chi connectivity index (χ3v) is 18.0. The van der Waals surface area contributed by atoms with Crippen molar-refractivity contribution in [1.29, 1.82) is 0 Å². The van der Waals surface area contributed by atoms with Crippen LogP contribution in [0.2, 0.25) is 0 Å². The van der Waals surface area contributed by atoms with Gasteiger partial charge in [0, 0.05) is 44.9 Å². The summed E-state index contributed by atoms with van der Waals surface area (Å²) in [4.78, 5) is 5.33. The van der Waals surface area contributed by atoms with Crippen LogP contribution in [0.3, 0.4) is 0 Å². The lowest BCUT2D eigenvalue weighted by molar-refractivity contribution is 0.332. The van der Waals surface area contributed by atoms with E-state index in [2.05, 4.69) is 199 Å². The minimum atomic E-state index is -0.000997. The number of anilines is 6. The fraction of sp³-hybridized carbons (Fsp3) is 0.419. The summed E-state index contributed by atoms with van der Waals surface area (Å²) in [6, 6.07) is 34.3. The third kappa shape index (κ3) is 5.69. The van der Waals surface area contributed by atoms with Gasteiger partial charge in [0.2, 0.25) is 0 Å². The Morgan fingerprint density at radius 1 is 0.409 bits per heavy atom. The molecule has 0 unspecified atom stereocenters. The molecule has 3 nitrogen and oxygen atoms in total. The standard InChI is InChI=1S/C62H69BN2O/c1-35-24-52-56-53(25-35)65(49-30-43-40(26-37(49)3)57(4,5)20-22-59(43,8)9)51-31-44-42(61(12,13)34-62(44,14)15)29-46(51)63(56)47-33-55-39(28-50(47)64(52)48-19-17-16-18-36(48)2)38-27-41-45(32-54(38)66-55)60(10,11)23-21-58(41,6)7/h16-19,24-33H,20-23,34H2,1-15H3. The van der Waals surface area contributed by atoms with E-state index in [9.17, 15) is 0 Å². The molecular formula is C62H69BN2O. The van der Waals surface area contributed by atoms with E-state index in [4.69, 9.17) is 4.42 Å². The predicted octanol–water partition coefficient (Wildman–Crippen LogP) is 15.3. The highest BCUT2D eigenvalue weighted by atomic mass is 16.3. The highest BCUT2D eigenvalue weighted by molar-refractivity contribution is 7.00. The van der Waals surface area contributed by atoms with E-state index in [0.29, 0.717) is 0 Å². The lowest BCUT2D eigenvalue weighted by Gasteiger charge is -2.46. The molecule has 336 valence electrons. The van der Waals surface area contributed by atoms with E-state index in [1.165, 1.54) is 137 Å². The van der Waals surface area contributed by atoms with Gasteiger partial charge in [-0.2, -0.15) is 0 Å². The second-order valence-corrected chi connectivity index (χ2v) is 25.6. The fourth-order valence-electron chi connectivity index (χ4n) is 14.2. The molecule has 3 aliphatic carbocycles. The summed E-state index contributed by atoms with van der Waals surface area (Å²) in [6.07, 6.45) is 5.86. The number of benzene rings is 6.